The molecule has 2 N–H and O–H groups in total. The molecule has 6 nitrogen and oxygen atoms in total. The minimum absolute atomic E-state index is 0.255. The average molecular weight is 234 g/mol. The molecule has 6 heteroatoms. The summed E-state index contributed by atoms with van der Waals surface area (Å²) in [6.45, 7) is 2.20. The van der Waals surface area contributed by atoms with Crippen molar-refractivity contribution in [3.63, 3.8) is 0 Å². The van der Waals surface area contributed by atoms with E-state index in [1.807, 2.05) is 13.0 Å². The minimum Gasteiger partial charge on any atom is -0.481 e. The summed E-state index contributed by atoms with van der Waals surface area (Å²) in [5.74, 6) is -1.02. The molecule has 0 amide bonds. The average Bonchev–Trinajstić information content (AvgIpc) is 2.34. The summed E-state index contributed by atoms with van der Waals surface area (Å²) in [6.07, 6.45) is 2.86. The van der Waals surface area contributed by atoms with Crippen LogP contribution in [0.2, 0.25) is 0 Å². The number of carboxylic acid groups (broad SMARTS) is 1. The normalized spacial score (nSPS) is 11.5. The van der Waals surface area contributed by atoms with Crippen molar-refractivity contribution in [1.29, 1.82) is 5.26 Å². The maximum absolute atomic E-state index is 10.9. The van der Waals surface area contributed by atoms with Crippen molar-refractivity contribution >= 4 is 11.9 Å². The first kappa shape index (κ1) is 12.9. The number of nitrogens with zero attached hydrogens (tertiary/aromatic N) is 3. The molecule has 1 rings (SSSR count). The monoisotopic (exact) mass is 234 g/mol. The Bertz CT molecular complexity index is 428. The molecule has 1 aromatic heterocycles. The number of carbonyl (C=O) groups is 1. The van der Waals surface area contributed by atoms with Gasteiger partial charge in [-0.05, 0) is 12.5 Å². The summed E-state index contributed by atoms with van der Waals surface area (Å²) in [5, 5.41) is 20.4. The second-order valence-corrected chi connectivity index (χ2v) is 3.58. The Balaban J connectivity index is 2.59. The van der Waals surface area contributed by atoms with Gasteiger partial charge < -0.3 is 10.4 Å². The predicted octanol–water partition coefficient (Wildman–Crippen LogP) is 1.26. The van der Waals surface area contributed by atoms with Gasteiger partial charge in [0.25, 0.3) is 0 Å². The number of nitriles is 1. The zero-order chi connectivity index (χ0) is 12.7. The van der Waals surface area contributed by atoms with Crippen molar-refractivity contribution in [2.75, 3.05) is 11.9 Å². The Morgan fingerprint density at radius 1 is 1.71 bits per heavy atom. The summed E-state index contributed by atoms with van der Waals surface area (Å²) in [7, 11) is 0. The van der Waals surface area contributed by atoms with Crippen molar-refractivity contribution in [3.05, 3.63) is 18.0 Å². The van der Waals surface area contributed by atoms with Crippen molar-refractivity contribution < 1.29 is 9.90 Å². The SMILES string of the molecule is CCCC(CNc1nccc(C#N)n1)C(=O)O. The highest BCUT2D eigenvalue weighted by Crippen LogP contribution is 2.08. The number of aliphatic carboxylic acids is 1. The molecular weight excluding hydrogens is 220 g/mol. The third kappa shape index (κ3) is 4.07. The number of hydrogen-bond donors (Lipinski definition) is 2. The summed E-state index contributed by atoms with van der Waals surface area (Å²) in [5.41, 5.74) is 0.255. The van der Waals surface area contributed by atoms with E-state index in [1.54, 1.807) is 0 Å². The lowest BCUT2D eigenvalue weighted by atomic mass is 10.0. The number of nitrogens with one attached hydrogen (secondary N) is 1. The molecule has 0 bridgehead atoms. The fourth-order valence-electron chi connectivity index (χ4n) is 1.38. The maximum atomic E-state index is 10.9. The van der Waals surface area contributed by atoms with E-state index in [-0.39, 0.29) is 18.2 Å². The van der Waals surface area contributed by atoms with E-state index in [0.29, 0.717) is 6.42 Å². The maximum Gasteiger partial charge on any atom is 0.308 e. The van der Waals surface area contributed by atoms with Crippen LogP contribution in [0.3, 0.4) is 0 Å². The second kappa shape index (κ2) is 6.43. The van der Waals surface area contributed by atoms with Gasteiger partial charge in [0.2, 0.25) is 5.95 Å². The number of anilines is 1. The van der Waals surface area contributed by atoms with E-state index in [2.05, 4.69) is 15.3 Å². The topological polar surface area (TPSA) is 98.9 Å². The Morgan fingerprint density at radius 3 is 3.06 bits per heavy atom. The predicted molar refractivity (Wildman–Crippen MR) is 61.3 cm³/mol. The Labute approximate surface area is 99.3 Å². The standard InChI is InChI=1S/C11H14N4O2/c1-2-3-8(10(16)17)7-14-11-13-5-4-9(6-12)15-11/h4-5,8H,2-3,7H2,1H3,(H,16,17)(H,13,14,15). The van der Waals surface area contributed by atoms with Gasteiger partial charge in [0.1, 0.15) is 11.8 Å². The van der Waals surface area contributed by atoms with Crippen LogP contribution in [0.5, 0.6) is 0 Å². The van der Waals surface area contributed by atoms with Crippen molar-refractivity contribution in [3.8, 4) is 6.07 Å². The molecule has 1 heterocycles. The fourth-order valence-corrected chi connectivity index (χ4v) is 1.38. The molecule has 0 aromatic carbocycles. The summed E-state index contributed by atoms with van der Waals surface area (Å²) in [4.78, 5) is 18.7. The molecule has 17 heavy (non-hydrogen) atoms. The molecule has 1 unspecified atom stereocenters. The molecule has 0 spiro atoms. The third-order valence-corrected chi connectivity index (χ3v) is 2.26. The summed E-state index contributed by atoms with van der Waals surface area (Å²) in [6, 6.07) is 3.39. The molecule has 0 saturated heterocycles. The van der Waals surface area contributed by atoms with Gasteiger partial charge in [-0.1, -0.05) is 13.3 Å². The second-order valence-electron chi connectivity index (χ2n) is 3.58. The van der Waals surface area contributed by atoms with E-state index in [1.165, 1.54) is 12.3 Å². The van der Waals surface area contributed by atoms with Crippen LogP contribution in [-0.2, 0) is 4.79 Å². The third-order valence-electron chi connectivity index (χ3n) is 2.26. The van der Waals surface area contributed by atoms with Crippen LogP contribution in [0, 0.1) is 17.2 Å². The van der Waals surface area contributed by atoms with Crippen LogP contribution in [0.15, 0.2) is 12.3 Å². The van der Waals surface area contributed by atoms with Gasteiger partial charge in [-0.2, -0.15) is 5.26 Å². The zero-order valence-corrected chi connectivity index (χ0v) is 9.55. The number of hydrogen-bond acceptors (Lipinski definition) is 5. The van der Waals surface area contributed by atoms with Gasteiger partial charge in [-0.25, -0.2) is 9.97 Å². The van der Waals surface area contributed by atoms with E-state index >= 15 is 0 Å². The molecule has 0 aliphatic carbocycles. The molecule has 0 fully saturated rings. The van der Waals surface area contributed by atoms with Crippen molar-refractivity contribution in [1.82, 2.24) is 9.97 Å². The highest BCUT2D eigenvalue weighted by atomic mass is 16.4. The van der Waals surface area contributed by atoms with Gasteiger partial charge in [-0.15, -0.1) is 0 Å². The smallest absolute Gasteiger partial charge is 0.308 e. The lowest BCUT2D eigenvalue weighted by molar-refractivity contribution is -0.141. The molecule has 0 aliphatic rings. The highest BCUT2D eigenvalue weighted by molar-refractivity contribution is 5.70. The summed E-state index contributed by atoms with van der Waals surface area (Å²) >= 11 is 0. The fraction of sp³-hybridized carbons (Fsp3) is 0.455. The minimum atomic E-state index is -0.837. The number of aromatic nitrogens is 2. The van der Waals surface area contributed by atoms with Crippen LogP contribution in [0.4, 0.5) is 5.95 Å². The molecule has 0 saturated carbocycles. The quantitative estimate of drug-likeness (QED) is 0.768. The van der Waals surface area contributed by atoms with Crippen LogP contribution < -0.4 is 5.32 Å². The Kier molecular flexibility index (Phi) is 4.88. The molecule has 90 valence electrons. The van der Waals surface area contributed by atoms with Crippen molar-refractivity contribution in [2.45, 2.75) is 19.8 Å². The van der Waals surface area contributed by atoms with Crippen LogP contribution >= 0.6 is 0 Å². The molecule has 1 aromatic rings. The lowest BCUT2D eigenvalue weighted by Crippen LogP contribution is -2.23. The first-order valence-electron chi connectivity index (χ1n) is 5.37. The lowest BCUT2D eigenvalue weighted by Gasteiger charge is -2.11. The highest BCUT2D eigenvalue weighted by Gasteiger charge is 2.16. The van der Waals surface area contributed by atoms with Gasteiger partial charge in [0, 0.05) is 12.7 Å². The van der Waals surface area contributed by atoms with E-state index in [4.69, 9.17) is 10.4 Å². The number of rotatable bonds is 6. The molecule has 1 atom stereocenters. The van der Waals surface area contributed by atoms with Gasteiger partial charge >= 0.3 is 5.97 Å². The zero-order valence-electron chi connectivity index (χ0n) is 9.55. The van der Waals surface area contributed by atoms with Crippen LogP contribution in [0.1, 0.15) is 25.5 Å². The van der Waals surface area contributed by atoms with Gasteiger partial charge in [0.15, 0.2) is 0 Å². The van der Waals surface area contributed by atoms with Gasteiger partial charge in [-0.3, -0.25) is 4.79 Å². The van der Waals surface area contributed by atoms with Gasteiger partial charge in [0.05, 0.1) is 5.92 Å². The Morgan fingerprint density at radius 2 is 2.47 bits per heavy atom. The van der Waals surface area contributed by atoms with E-state index < -0.39 is 11.9 Å². The first-order valence-corrected chi connectivity index (χ1v) is 5.37. The molecular formula is C11H14N4O2. The number of carboxylic acids is 1. The molecule has 0 radical (unpaired) electrons. The first-order chi connectivity index (χ1) is 8.17. The largest absolute Gasteiger partial charge is 0.481 e. The summed E-state index contributed by atoms with van der Waals surface area (Å²) < 4.78 is 0. The van der Waals surface area contributed by atoms with E-state index in [0.717, 1.165) is 6.42 Å². The molecule has 0 aliphatic heterocycles. The van der Waals surface area contributed by atoms with Crippen molar-refractivity contribution in [2.24, 2.45) is 5.92 Å². The Hall–Kier alpha value is -2.16. The van der Waals surface area contributed by atoms with Crippen LogP contribution in [0.25, 0.3) is 0 Å². The van der Waals surface area contributed by atoms with E-state index in [9.17, 15) is 4.79 Å². The van der Waals surface area contributed by atoms with Crippen LogP contribution in [-0.4, -0.2) is 27.6 Å².